The van der Waals surface area contributed by atoms with Crippen molar-refractivity contribution in [3.8, 4) is 11.5 Å². The summed E-state index contributed by atoms with van der Waals surface area (Å²) in [6.07, 6.45) is 0. The van der Waals surface area contributed by atoms with Gasteiger partial charge in [0.15, 0.2) is 11.5 Å². The highest BCUT2D eigenvalue weighted by Gasteiger charge is 2.22. The molecule has 0 radical (unpaired) electrons. The highest BCUT2D eigenvalue weighted by Crippen LogP contribution is 2.27. The van der Waals surface area contributed by atoms with Crippen LogP contribution in [-0.2, 0) is 10.0 Å². The monoisotopic (exact) mass is 397 g/mol. The lowest BCUT2D eigenvalue weighted by Gasteiger charge is -2.19. The lowest BCUT2D eigenvalue weighted by molar-refractivity contribution is 0.0729. The molecule has 0 saturated heterocycles. The third kappa shape index (κ3) is 3.99. The van der Waals surface area contributed by atoms with Crippen LogP contribution in [0, 0.1) is 0 Å². The van der Waals surface area contributed by atoms with Crippen molar-refractivity contribution < 1.29 is 22.7 Å². The second-order valence-corrected chi connectivity index (χ2v) is 7.84. The Kier molecular flexibility index (Phi) is 5.65. The van der Waals surface area contributed by atoms with Gasteiger partial charge in [0, 0.05) is 7.05 Å². The zero-order valence-corrected chi connectivity index (χ0v) is 16.2. The van der Waals surface area contributed by atoms with Crippen LogP contribution in [0.4, 0.5) is 5.69 Å². The predicted octanol–water partition coefficient (Wildman–Crippen LogP) is 3.74. The molecule has 0 N–H and O–H groups in total. The average Bonchev–Trinajstić information content (AvgIpc) is 2.74. The lowest BCUT2D eigenvalue weighted by Crippen LogP contribution is -2.26. The number of nitrogens with zero attached hydrogens (tertiary/aromatic N) is 1. The van der Waals surface area contributed by atoms with Crippen LogP contribution in [0.1, 0.15) is 10.4 Å². The molecule has 0 unspecified atom stereocenters. The predicted molar refractivity (Wildman–Crippen MR) is 106 cm³/mol. The van der Waals surface area contributed by atoms with E-state index in [0.29, 0.717) is 11.4 Å². The van der Waals surface area contributed by atoms with Gasteiger partial charge in [-0.05, 0) is 48.5 Å². The largest absolute Gasteiger partial charge is 0.493 e. The molecule has 28 heavy (non-hydrogen) atoms. The summed E-state index contributed by atoms with van der Waals surface area (Å²) in [7, 11) is -0.780. The number of rotatable bonds is 6. The van der Waals surface area contributed by atoms with Gasteiger partial charge in [0.25, 0.3) is 10.0 Å². The summed E-state index contributed by atoms with van der Waals surface area (Å²) < 4.78 is 37.2. The van der Waals surface area contributed by atoms with Crippen molar-refractivity contribution in [3.63, 3.8) is 0 Å². The normalized spacial score (nSPS) is 10.9. The van der Waals surface area contributed by atoms with E-state index >= 15 is 0 Å². The van der Waals surface area contributed by atoms with Gasteiger partial charge in [-0.1, -0.05) is 30.3 Å². The number of hydrogen-bond donors (Lipinski definition) is 0. The molecule has 3 aromatic carbocycles. The molecule has 0 aliphatic rings. The quantitative estimate of drug-likeness (QED) is 0.468. The van der Waals surface area contributed by atoms with Gasteiger partial charge in [-0.3, -0.25) is 4.31 Å². The van der Waals surface area contributed by atoms with E-state index in [1.807, 2.05) is 6.07 Å². The summed E-state index contributed by atoms with van der Waals surface area (Å²) in [5.41, 5.74) is 0.773. The Bertz CT molecular complexity index is 1060. The fraction of sp³-hybridized carbons (Fsp3) is 0.0952. The Balaban J connectivity index is 1.80. The van der Waals surface area contributed by atoms with Crippen LogP contribution in [0.15, 0.2) is 83.8 Å². The Labute approximate surface area is 164 Å². The van der Waals surface area contributed by atoms with Crippen LogP contribution in [-0.4, -0.2) is 28.5 Å². The molecular weight excluding hydrogens is 378 g/mol. The summed E-state index contributed by atoms with van der Waals surface area (Å²) in [5.74, 6) is 0.111. The number of ether oxygens (including phenoxy) is 2. The van der Waals surface area contributed by atoms with E-state index in [2.05, 4.69) is 0 Å². The molecule has 0 atom stereocenters. The van der Waals surface area contributed by atoms with E-state index < -0.39 is 16.0 Å². The first-order chi connectivity index (χ1) is 13.4. The van der Waals surface area contributed by atoms with Gasteiger partial charge >= 0.3 is 5.97 Å². The second kappa shape index (κ2) is 8.14. The molecule has 0 aliphatic carbocycles. The van der Waals surface area contributed by atoms with Crippen molar-refractivity contribution in [2.24, 2.45) is 0 Å². The van der Waals surface area contributed by atoms with Gasteiger partial charge in [-0.15, -0.1) is 0 Å². The molecule has 7 heteroatoms. The topological polar surface area (TPSA) is 72.9 Å². The summed E-state index contributed by atoms with van der Waals surface area (Å²) >= 11 is 0. The van der Waals surface area contributed by atoms with Crippen LogP contribution in [0.25, 0.3) is 0 Å². The maximum Gasteiger partial charge on any atom is 0.343 e. The molecule has 3 aromatic rings. The zero-order valence-electron chi connectivity index (χ0n) is 15.4. The number of hydrogen-bond acceptors (Lipinski definition) is 5. The first-order valence-electron chi connectivity index (χ1n) is 8.42. The zero-order chi connectivity index (χ0) is 20.1. The summed E-state index contributed by atoms with van der Waals surface area (Å²) in [6.45, 7) is 0. The number of anilines is 1. The lowest BCUT2D eigenvalue weighted by atomic mass is 10.2. The highest BCUT2D eigenvalue weighted by molar-refractivity contribution is 7.92. The van der Waals surface area contributed by atoms with E-state index in [1.165, 1.54) is 42.7 Å². The minimum Gasteiger partial charge on any atom is -0.493 e. The minimum absolute atomic E-state index is 0.0766. The van der Waals surface area contributed by atoms with Gasteiger partial charge in [-0.25, -0.2) is 13.2 Å². The van der Waals surface area contributed by atoms with Gasteiger partial charge < -0.3 is 9.47 Å². The van der Waals surface area contributed by atoms with Gasteiger partial charge in [0.2, 0.25) is 0 Å². The van der Waals surface area contributed by atoms with Crippen LogP contribution in [0.3, 0.4) is 0 Å². The van der Waals surface area contributed by atoms with Crippen molar-refractivity contribution in [2.75, 3.05) is 18.5 Å². The van der Waals surface area contributed by atoms with Crippen molar-refractivity contribution >= 4 is 21.7 Å². The smallest absolute Gasteiger partial charge is 0.343 e. The molecule has 0 saturated carbocycles. The molecule has 3 rings (SSSR count). The molecule has 144 valence electrons. The second-order valence-electron chi connectivity index (χ2n) is 5.87. The number of methoxy groups -OCH3 is 1. The maximum absolute atomic E-state index is 12.8. The number of carbonyl (C=O) groups excluding carboxylic acids is 1. The number of sulfonamides is 1. The fourth-order valence-electron chi connectivity index (χ4n) is 2.56. The van der Waals surface area contributed by atoms with Crippen LogP contribution >= 0.6 is 0 Å². The minimum atomic E-state index is -3.74. The Hall–Kier alpha value is -3.32. The fourth-order valence-corrected chi connectivity index (χ4v) is 3.76. The van der Waals surface area contributed by atoms with Gasteiger partial charge in [-0.2, -0.15) is 0 Å². The molecular formula is C21H19NO5S. The Morgan fingerprint density at radius 1 is 0.821 bits per heavy atom. The summed E-state index contributed by atoms with van der Waals surface area (Å²) in [5, 5.41) is 0. The van der Waals surface area contributed by atoms with E-state index in [-0.39, 0.29) is 16.2 Å². The Morgan fingerprint density at radius 2 is 1.39 bits per heavy atom. The van der Waals surface area contributed by atoms with E-state index in [4.69, 9.17) is 9.47 Å². The van der Waals surface area contributed by atoms with Gasteiger partial charge in [0.05, 0.1) is 23.3 Å². The first-order valence-corrected chi connectivity index (χ1v) is 9.87. The van der Waals surface area contributed by atoms with Gasteiger partial charge in [0.1, 0.15) is 0 Å². The first kappa shape index (κ1) is 19.4. The Morgan fingerprint density at radius 3 is 2.00 bits per heavy atom. The molecule has 0 amide bonds. The third-order valence-electron chi connectivity index (χ3n) is 4.14. The van der Waals surface area contributed by atoms with Crippen LogP contribution in [0.2, 0.25) is 0 Å². The number of carbonyl (C=O) groups is 1. The van der Waals surface area contributed by atoms with Crippen molar-refractivity contribution in [1.82, 2.24) is 0 Å². The van der Waals surface area contributed by atoms with Crippen LogP contribution in [0.5, 0.6) is 11.5 Å². The highest BCUT2D eigenvalue weighted by atomic mass is 32.2. The maximum atomic E-state index is 12.8. The van der Waals surface area contributed by atoms with Crippen molar-refractivity contribution in [2.45, 2.75) is 4.90 Å². The van der Waals surface area contributed by atoms with Crippen molar-refractivity contribution in [3.05, 3.63) is 84.4 Å². The third-order valence-corrected chi connectivity index (χ3v) is 5.94. The average molecular weight is 397 g/mol. The molecule has 0 spiro atoms. The van der Waals surface area contributed by atoms with Crippen molar-refractivity contribution in [1.29, 1.82) is 0 Å². The molecule has 0 heterocycles. The summed E-state index contributed by atoms with van der Waals surface area (Å²) in [6, 6.07) is 21.1. The van der Waals surface area contributed by atoms with E-state index in [0.717, 1.165) is 0 Å². The molecule has 6 nitrogen and oxygen atoms in total. The number of para-hydroxylation sites is 3. The number of esters is 1. The molecule has 0 aliphatic heterocycles. The van der Waals surface area contributed by atoms with E-state index in [1.54, 1.807) is 48.5 Å². The standard InChI is InChI=1S/C21H19NO5S/c1-22(17-8-4-3-5-9-17)28(24,25)18-14-12-16(13-15-18)21(23)27-20-11-7-6-10-19(20)26-2/h3-15H,1-2H3. The molecule has 0 fully saturated rings. The van der Waals surface area contributed by atoms with E-state index in [9.17, 15) is 13.2 Å². The molecule has 0 bridgehead atoms. The number of benzene rings is 3. The SMILES string of the molecule is COc1ccccc1OC(=O)c1ccc(S(=O)(=O)N(C)c2ccccc2)cc1. The molecule has 0 aromatic heterocycles. The van der Waals surface area contributed by atoms with Crippen LogP contribution < -0.4 is 13.8 Å². The summed E-state index contributed by atoms with van der Waals surface area (Å²) in [4.78, 5) is 12.4.